The van der Waals surface area contributed by atoms with Gasteiger partial charge in [-0.05, 0) is 0 Å². The van der Waals surface area contributed by atoms with E-state index in [0.717, 1.165) is 14.2 Å². The smallest absolute Gasteiger partial charge is 0.379 e. The van der Waals surface area contributed by atoms with Gasteiger partial charge in [0.05, 0.1) is 7.11 Å². The first-order valence-corrected chi connectivity index (χ1v) is 2.49. The maximum absolute atomic E-state index is 12.2. The zero-order valence-electron chi connectivity index (χ0n) is 5.69. The van der Waals surface area contributed by atoms with Gasteiger partial charge < -0.3 is 9.47 Å². The SMILES string of the molecule is COCC(F)(F)C(=O)OC. The molecule has 0 heterocycles. The van der Waals surface area contributed by atoms with E-state index in [0.29, 0.717) is 0 Å². The zero-order valence-corrected chi connectivity index (χ0v) is 5.69. The fourth-order valence-corrected chi connectivity index (χ4v) is 0.390. The molecule has 0 aliphatic heterocycles. The Kier molecular flexibility index (Phi) is 3.21. The molecule has 5 heteroatoms. The van der Waals surface area contributed by atoms with E-state index < -0.39 is 18.5 Å². The Morgan fingerprint density at radius 3 is 2.30 bits per heavy atom. The van der Waals surface area contributed by atoms with Crippen LogP contribution in [0.2, 0.25) is 0 Å². The summed E-state index contributed by atoms with van der Waals surface area (Å²) < 4.78 is 32.3. The van der Waals surface area contributed by atoms with Crippen LogP contribution in [0.15, 0.2) is 0 Å². The third-order valence-electron chi connectivity index (χ3n) is 0.810. The van der Waals surface area contributed by atoms with Gasteiger partial charge in [-0.1, -0.05) is 0 Å². The summed E-state index contributed by atoms with van der Waals surface area (Å²) in [5.74, 6) is -5.10. The number of hydrogen-bond acceptors (Lipinski definition) is 3. The molecule has 0 atom stereocenters. The molecule has 0 spiro atoms. The Hall–Kier alpha value is -0.710. The van der Waals surface area contributed by atoms with Gasteiger partial charge in [-0.2, -0.15) is 8.78 Å². The number of carbonyl (C=O) groups excluding carboxylic acids is 1. The highest BCUT2D eigenvalue weighted by atomic mass is 19.3. The third kappa shape index (κ3) is 2.26. The van der Waals surface area contributed by atoms with Crippen molar-refractivity contribution in [3.8, 4) is 0 Å². The number of esters is 1. The van der Waals surface area contributed by atoms with Crippen molar-refractivity contribution < 1.29 is 23.0 Å². The van der Waals surface area contributed by atoms with Crippen molar-refractivity contribution in [2.45, 2.75) is 5.92 Å². The molecule has 0 aromatic carbocycles. The van der Waals surface area contributed by atoms with E-state index in [1.54, 1.807) is 0 Å². The Bertz CT molecular complexity index is 124. The molecule has 0 aromatic heterocycles. The van der Waals surface area contributed by atoms with E-state index in [9.17, 15) is 13.6 Å². The van der Waals surface area contributed by atoms with Gasteiger partial charge in [0.2, 0.25) is 0 Å². The lowest BCUT2D eigenvalue weighted by Crippen LogP contribution is -2.34. The van der Waals surface area contributed by atoms with Crippen LogP contribution in [0, 0.1) is 0 Å². The average molecular weight is 154 g/mol. The molecule has 0 bridgehead atoms. The number of alkyl halides is 2. The highest BCUT2D eigenvalue weighted by molar-refractivity contribution is 5.77. The fraction of sp³-hybridized carbons (Fsp3) is 0.800. The molecular weight excluding hydrogens is 146 g/mol. The topological polar surface area (TPSA) is 35.5 Å². The standard InChI is InChI=1S/C5H8F2O3/c1-9-3-5(6,7)4(8)10-2/h3H2,1-2H3. The minimum absolute atomic E-state index is 0.895. The minimum Gasteiger partial charge on any atom is -0.465 e. The molecule has 10 heavy (non-hydrogen) atoms. The van der Waals surface area contributed by atoms with Crippen LogP contribution in [0.1, 0.15) is 0 Å². The molecule has 0 saturated carbocycles. The summed E-state index contributed by atoms with van der Waals surface area (Å²) in [6.07, 6.45) is 0. The van der Waals surface area contributed by atoms with Crippen LogP contribution in [0.4, 0.5) is 8.78 Å². The second kappa shape index (κ2) is 3.46. The third-order valence-corrected chi connectivity index (χ3v) is 0.810. The number of halogens is 2. The van der Waals surface area contributed by atoms with Crippen molar-refractivity contribution in [2.75, 3.05) is 20.8 Å². The maximum atomic E-state index is 12.2. The quantitative estimate of drug-likeness (QED) is 0.553. The molecule has 0 fully saturated rings. The summed E-state index contributed by atoms with van der Waals surface area (Å²) >= 11 is 0. The largest absolute Gasteiger partial charge is 0.465 e. The van der Waals surface area contributed by atoms with Crippen LogP contribution in [0.5, 0.6) is 0 Å². The summed E-state index contributed by atoms with van der Waals surface area (Å²) in [5.41, 5.74) is 0. The average Bonchev–Trinajstić information content (AvgIpc) is 1.86. The highest BCUT2D eigenvalue weighted by Crippen LogP contribution is 2.14. The number of ether oxygens (including phenoxy) is 2. The van der Waals surface area contributed by atoms with Crippen molar-refractivity contribution in [3.63, 3.8) is 0 Å². The second-order valence-corrected chi connectivity index (χ2v) is 1.63. The number of rotatable bonds is 3. The maximum Gasteiger partial charge on any atom is 0.379 e. The van der Waals surface area contributed by atoms with Gasteiger partial charge in [-0.25, -0.2) is 4.79 Å². The van der Waals surface area contributed by atoms with E-state index in [-0.39, 0.29) is 0 Å². The second-order valence-electron chi connectivity index (χ2n) is 1.63. The van der Waals surface area contributed by atoms with Crippen molar-refractivity contribution >= 4 is 5.97 Å². The molecule has 0 saturated heterocycles. The van der Waals surface area contributed by atoms with Crippen LogP contribution >= 0.6 is 0 Å². The molecule has 0 amide bonds. The van der Waals surface area contributed by atoms with Gasteiger partial charge in [-0.3, -0.25) is 0 Å². The van der Waals surface area contributed by atoms with E-state index in [1.165, 1.54) is 0 Å². The molecular formula is C5H8F2O3. The molecule has 0 aromatic rings. The predicted molar refractivity (Wildman–Crippen MR) is 28.8 cm³/mol. The summed E-state index contributed by atoms with van der Waals surface area (Å²) in [7, 11) is 1.97. The normalized spacial score (nSPS) is 11.2. The van der Waals surface area contributed by atoms with E-state index in [1.807, 2.05) is 0 Å². The van der Waals surface area contributed by atoms with E-state index in [4.69, 9.17) is 0 Å². The predicted octanol–water partition coefficient (Wildman–Crippen LogP) is 0.441. The van der Waals surface area contributed by atoms with Crippen molar-refractivity contribution in [3.05, 3.63) is 0 Å². The summed E-state index contributed by atoms with van der Waals surface area (Å²) in [5, 5.41) is 0. The van der Waals surface area contributed by atoms with Crippen LogP contribution in [0.25, 0.3) is 0 Å². The Labute approximate surface area is 56.9 Å². The van der Waals surface area contributed by atoms with Crippen LogP contribution in [-0.2, 0) is 14.3 Å². The van der Waals surface area contributed by atoms with Crippen LogP contribution in [0.3, 0.4) is 0 Å². The Morgan fingerprint density at radius 2 is 2.00 bits per heavy atom. The minimum atomic E-state index is -3.52. The first-order valence-electron chi connectivity index (χ1n) is 2.49. The molecule has 0 aliphatic carbocycles. The van der Waals surface area contributed by atoms with Crippen molar-refractivity contribution in [1.29, 1.82) is 0 Å². The zero-order chi connectivity index (χ0) is 8.20. The van der Waals surface area contributed by atoms with Gasteiger partial charge in [0.1, 0.15) is 6.61 Å². The lowest BCUT2D eigenvalue weighted by molar-refractivity contribution is -0.175. The molecule has 3 nitrogen and oxygen atoms in total. The molecule has 0 rings (SSSR count). The van der Waals surface area contributed by atoms with Gasteiger partial charge in [0.15, 0.2) is 0 Å². The molecule has 0 N–H and O–H groups in total. The fourth-order valence-electron chi connectivity index (χ4n) is 0.390. The van der Waals surface area contributed by atoms with Crippen LogP contribution in [-0.4, -0.2) is 32.7 Å². The van der Waals surface area contributed by atoms with Crippen LogP contribution < -0.4 is 0 Å². The Balaban J connectivity index is 3.96. The first-order chi connectivity index (χ1) is 4.54. The highest BCUT2D eigenvalue weighted by Gasteiger charge is 2.39. The van der Waals surface area contributed by atoms with Gasteiger partial charge in [0.25, 0.3) is 0 Å². The lowest BCUT2D eigenvalue weighted by Gasteiger charge is -2.10. The summed E-state index contributed by atoms with van der Waals surface area (Å²) in [4.78, 5) is 10.2. The van der Waals surface area contributed by atoms with E-state index in [2.05, 4.69) is 9.47 Å². The lowest BCUT2D eigenvalue weighted by atomic mass is 10.4. The van der Waals surface area contributed by atoms with Crippen molar-refractivity contribution in [1.82, 2.24) is 0 Å². The number of hydrogen-bond donors (Lipinski definition) is 0. The first kappa shape index (κ1) is 9.29. The molecule has 0 radical (unpaired) electrons. The summed E-state index contributed by atoms with van der Waals surface area (Å²) in [6.45, 7) is -0.945. The molecule has 60 valence electrons. The molecule has 0 unspecified atom stereocenters. The van der Waals surface area contributed by atoms with Crippen molar-refractivity contribution in [2.24, 2.45) is 0 Å². The monoisotopic (exact) mass is 154 g/mol. The Morgan fingerprint density at radius 1 is 1.50 bits per heavy atom. The van der Waals surface area contributed by atoms with Gasteiger partial charge in [-0.15, -0.1) is 0 Å². The summed E-state index contributed by atoms with van der Waals surface area (Å²) in [6, 6.07) is 0. The number of carbonyl (C=O) groups is 1. The molecule has 0 aliphatic rings. The number of methoxy groups -OCH3 is 2. The van der Waals surface area contributed by atoms with Gasteiger partial charge >= 0.3 is 11.9 Å². The van der Waals surface area contributed by atoms with Gasteiger partial charge in [0, 0.05) is 7.11 Å². The van der Waals surface area contributed by atoms with E-state index >= 15 is 0 Å².